The molecule has 86 valence electrons. The van der Waals surface area contributed by atoms with Crippen LogP contribution < -0.4 is 10.6 Å². The van der Waals surface area contributed by atoms with E-state index in [1.54, 1.807) is 6.20 Å². The van der Waals surface area contributed by atoms with Crippen molar-refractivity contribution in [3.63, 3.8) is 0 Å². The Kier molecular flexibility index (Phi) is 2.25. The van der Waals surface area contributed by atoms with Gasteiger partial charge in [-0.2, -0.15) is 0 Å². The maximum atomic E-state index is 5.80. The molecule has 2 N–H and O–H groups in total. The Hall–Kier alpha value is -2.03. The molecule has 3 heteroatoms. The Morgan fingerprint density at radius 2 is 2.12 bits per heavy atom. The van der Waals surface area contributed by atoms with Crippen molar-refractivity contribution in [2.24, 2.45) is 0 Å². The van der Waals surface area contributed by atoms with E-state index < -0.39 is 0 Å². The molecule has 1 aliphatic rings. The Labute approximate surface area is 101 Å². The molecule has 0 bridgehead atoms. The van der Waals surface area contributed by atoms with E-state index in [9.17, 15) is 0 Å². The van der Waals surface area contributed by atoms with E-state index in [-0.39, 0.29) is 0 Å². The summed E-state index contributed by atoms with van der Waals surface area (Å²) in [5, 5.41) is 0. The summed E-state index contributed by atoms with van der Waals surface area (Å²) in [6.07, 6.45) is 4.62. The van der Waals surface area contributed by atoms with E-state index in [1.807, 2.05) is 12.3 Å². The van der Waals surface area contributed by atoms with Crippen molar-refractivity contribution in [3.05, 3.63) is 48.3 Å². The van der Waals surface area contributed by atoms with Crippen LogP contribution >= 0.6 is 0 Å². The van der Waals surface area contributed by atoms with E-state index in [0.29, 0.717) is 11.7 Å². The number of para-hydroxylation sites is 1. The second kappa shape index (κ2) is 3.77. The highest BCUT2D eigenvalue weighted by Crippen LogP contribution is 2.37. The second-order valence-corrected chi connectivity index (χ2v) is 4.53. The number of anilines is 3. The van der Waals surface area contributed by atoms with Crippen molar-refractivity contribution in [3.8, 4) is 0 Å². The molecule has 0 fully saturated rings. The Bertz CT molecular complexity index is 551. The molecule has 1 aromatic heterocycles. The zero-order chi connectivity index (χ0) is 11.8. The molecule has 17 heavy (non-hydrogen) atoms. The first kappa shape index (κ1) is 10.1. The Morgan fingerprint density at radius 3 is 2.94 bits per heavy atom. The maximum absolute atomic E-state index is 5.80. The lowest BCUT2D eigenvalue weighted by atomic mass is 10.1. The molecule has 3 rings (SSSR count). The summed E-state index contributed by atoms with van der Waals surface area (Å²) in [6, 6.07) is 10.9. The quantitative estimate of drug-likeness (QED) is 0.811. The first-order chi connectivity index (χ1) is 8.25. The third kappa shape index (κ3) is 1.64. The molecule has 0 amide bonds. The monoisotopic (exact) mass is 225 g/mol. The van der Waals surface area contributed by atoms with Gasteiger partial charge >= 0.3 is 0 Å². The van der Waals surface area contributed by atoms with Gasteiger partial charge in [-0.15, -0.1) is 0 Å². The molecule has 1 unspecified atom stereocenters. The van der Waals surface area contributed by atoms with Gasteiger partial charge in [0.2, 0.25) is 0 Å². The van der Waals surface area contributed by atoms with Crippen molar-refractivity contribution in [1.82, 2.24) is 4.98 Å². The van der Waals surface area contributed by atoms with Gasteiger partial charge in [-0.3, -0.25) is 4.98 Å². The minimum atomic E-state index is 0.455. The van der Waals surface area contributed by atoms with Crippen LogP contribution in [0.1, 0.15) is 12.5 Å². The Morgan fingerprint density at radius 1 is 1.29 bits per heavy atom. The highest BCUT2D eigenvalue weighted by atomic mass is 15.2. The molecule has 0 aliphatic carbocycles. The first-order valence-corrected chi connectivity index (χ1v) is 5.83. The third-order valence-corrected chi connectivity index (χ3v) is 3.23. The van der Waals surface area contributed by atoms with Crippen LogP contribution in [-0.4, -0.2) is 11.0 Å². The molecule has 1 aromatic carbocycles. The summed E-state index contributed by atoms with van der Waals surface area (Å²) in [6.45, 7) is 2.23. The summed E-state index contributed by atoms with van der Waals surface area (Å²) in [4.78, 5) is 6.47. The summed E-state index contributed by atoms with van der Waals surface area (Å²) in [5.41, 5.74) is 10.2. The van der Waals surface area contributed by atoms with Gasteiger partial charge in [0.25, 0.3) is 0 Å². The van der Waals surface area contributed by atoms with E-state index in [2.05, 4.69) is 41.1 Å². The van der Waals surface area contributed by atoms with Gasteiger partial charge < -0.3 is 10.6 Å². The van der Waals surface area contributed by atoms with Gasteiger partial charge in [-0.25, -0.2) is 0 Å². The number of hydrogen-bond acceptors (Lipinski definition) is 3. The minimum Gasteiger partial charge on any atom is -0.397 e. The second-order valence-electron chi connectivity index (χ2n) is 4.53. The predicted molar refractivity (Wildman–Crippen MR) is 70.4 cm³/mol. The average Bonchev–Trinajstić information content (AvgIpc) is 2.64. The van der Waals surface area contributed by atoms with E-state index in [0.717, 1.165) is 12.1 Å². The fraction of sp³-hybridized carbons (Fsp3) is 0.214. The van der Waals surface area contributed by atoms with Gasteiger partial charge in [-0.05, 0) is 31.0 Å². The number of fused-ring (bicyclic) bond motifs is 1. The van der Waals surface area contributed by atoms with E-state index in [4.69, 9.17) is 5.73 Å². The predicted octanol–water partition coefficient (Wildman–Crippen LogP) is 2.75. The normalized spacial score (nSPS) is 18.2. The first-order valence-electron chi connectivity index (χ1n) is 5.83. The SMILES string of the molecule is CC1Cc2ccccc2N1c1cncc(N)c1. The van der Waals surface area contributed by atoms with Crippen molar-refractivity contribution in [2.45, 2.75) is 19.4 Å². The largest absolute Gasteiger partial charge is 0.397 e. The van der Waals surface area contributed by atoms with Crippen molar-refractivity contribution < 1.29 is 0 Å². The molecule has 1 aliphatic heterocycles. The molecular formula is C14H15N3. The van der Waals surface area contributed by atoms with Crippen LogP contribution in [0.25, 0.3) is 0 Å². The lowest BCUT2D eigenvalue weighted by molar-refractivity contribution is 0.758. The lowest BCUT2D eigenvalue weighted by Crippen LogP contribution is -2.24. The molecule has 2 heterocycles. The van der Waals surface area contributed by atoms with Gasteiger partial charge in [-0.1, -0.05) is 18.2 Å². The molecule has 2 aromatic rings. The van der Waals surface area contributed by atoms with Crippen LogP contribution in [0.15, 0.2) is 42.7 Å². The number of nitrogens with zero attached hydrogens (tertiary/aromatic N) is 2. The molecule has 3 nitrogen and oxygen atoms in total. The fourth-order valence-electron chi connectivity index (χ4n) is 2.54. The standard InChI is InChI=1S/C14H15N3/c1-10-6-11-4-2-3-5-14(11)17(10)13-7-12(15)8-16-9-13/h2-5,7-10H,6,15H2,1H3. The number of aromatic nitrogens is 1. The van der Waals surface area contributed by atoms with Crippen LogP contribution in [0.3, 0.4) is 0 Å². The van der Waals surface area contributed by atoms with Crippen LogP contribution in [-0.2, 0) is 6.42 Å². The van der Waals surface area contributed by atoms with E-state index >= 15 is 0 Å². The van der Waals surface area contributed by atoms with Crippen molar-refractivity contribution >= 4 is 17.1 Å². The molecule has 0 radical (unpaired) electrons. The maximum Gasteiger partial charge on any atom is 0.0620 e. The highest BCUT2D eigenvalue weighted by molar-refractivity contribution is 5.72. The molecule has 1 atom stereocenters. The van der Waals surface area contributed by atoms with Crippen LogP contribution in [0.4, 0.5) is 17.1 Å². The fourth-order valence-corrected chi connectivity index (χ4v) is 2.54. The van der Waals surface area contributed by atoms with Gasteiger partial charge in [0.1, 0.15) is 0 Å². The average molecular weight is 225 g/mol. The van der Waals surface area contributed by atoms with Gasteiger partial charge in [0.05, 0.1) is 17.6 Å². The van der Waals surface area contributed by atoms with Crippen LogP contribution in [0.5, 0.6) is 0 Å². The number of nitrogens with two attached hydrogens (primary N) is 1. The minimum absolute atomic E-state index is 0.455. The highest BCUT2D eigenvalue weighted by Gasteiger charge is 2.26. The number of pyridine rings is 1. The third-order valence-electron chi connectivity index (χ3n) is 3.23. The molecule has 0 saturated heterocycles. The molecule has 0 spiro atoms. The lowest BCUT2D eigenvalue weighted by Gasteiger charge is -2.24. The summed E-state index contributed by atoms with van der Waals surface area (Å²) < 4.78 is 0. The van der Waals surface area contributed by atoms with E-state index in [1.165, 1.54) is 11.3 Å². The van der Waals surface area contributed by atoms with Gasteiger partial charge in [0, 0.05) is 17.9 Å². The zero-order valence-electron chi connectivity index (χ0n) is 9.80. The van der Waals surface area contributed by atoms with Crippen molar-refractivity contribution in [2.75, 3.05) is 10.6 Å². The number of hydrogen-bond donors (Lipinski definition) is 1. The summed E-state index contributed by atoms with van der Waals surface area (Å²) in [5.74, 6) is 0. The van der Waals surface area contributed by atoms with Gasteiger partial charge in [0.15, 0.2) is 0 Å². The topological polar surface area (TPSA) is 42.2 Å². The number of rotatable bonds is 1. The number of benzene rings is 1. The van der Waals surface area contributed by atoms with Crippen molar-refractivity contribution in [1.29, 1.82) is 0 Å². The van der Waals surface area contributed by atoms with Crippen LogP contribution in [0, 0.1) is 0 Å². The van der Waals surface area contributed by atoms with Crippen LogP contribution in [0.2, 0.25) is 0 Å². The summed E-state index contributed by atoms with van der Waals surface area (Å²) in [7, 11) is 0. The number of nitrogen functional groups attached to an aromatic ring is 1. The zero-order valence-corrected chi connectivity index (χ0v) is 9.80. The molecule has 0 saturated carbocycles. The molecular weight excluding hydrogens is 210 g/mol. The summed E-state index contributed by atoms with van der Waals surface area (Å²) >= 11 is 0. The smallest absolute Gasteiger partial charge is 0.0620 e. The Balaban J connectivity index is 2.09.